The standard InChI is InChI=1S/C25H28N2O5/c1-3-4-5-12-27-22(16-6-9-18(28)10-7-16)21(24(30)25(27)31)23(29)17-8-11-20-19(15-17)26(2)13-14-32-20/h6-11,15,22,28-29H,3-5,12-14H2,1-2H3/b23-21-. The van der Waals surface area contributed by atoms with Gasteiger partial charge in [0.1, 0.15) is 23.9 Å². The monoisotopic (exact) mass is 436 g/mol. The van der Waals surface area contributed by atoms with Crippen molar-refractivity contribution in [3.63, 3.8) is 0 Å². The smallest absolute Gasteiger partial charge is 0.295 e. The van der Waals surface area contributed by atoms with Gasteiger partial charge >= 0.3 is 0 Å². The highest BCUT2D eigenvalue weighted by Crippen LogP contribution is 2.41. The number of hydrogen-bond acceptors (Lipinski definition) is 6. The molecule has 168 valence electrons. The number of Topliss-reactive ketones (excluding diaryl/α,β-unsaturated/α-hetero) is 1. The van der Waals surface area contributed by atoms with Gasteiger partial charge in [-0.25, -0.2) is 0 Å². The highest BCUT2D eigenvalue weighted by atomic mass is 16.5. The lowest BCUT2D eigenvalue weighted by Crippen LogP contribution is -2.30. The average molecular weight is 437 g/mol. The van der Waals surface area contributed by atoms with Crippen molar-refractivity contribution in [3.8, 4) is 11.5 Å². The molecule has 2 aliphatic rings. The van der Waals surface area contributed by atoms with Crippen LogP contribution in [-0.2, 0) is 9.59 Å². The lowest BCUT2D eigenvalue weighted by atomic mass is 9.95. The summed E-state index contributed by atoms with van der Waals surface area (Å²) >= 11 is 0. The summed E-state index contributed by atoms with van der Waals surface area (Å²) in [5, 5.41) is 21.0. The number of anilines is 1. The summed E-state index contributed by atoms with van der Waals surface area (Å²) in [4.78, 5) is 29.6. The number of carbonyl (C=O) groups excluding carboxylic acids is 2. The van der Waals surface area contributed by atoms with Gasteiger partial charge in [0.25, 0.3) is 11.7 Å². The number of ether oxygens (including phenoxy) is 1. The summed E-state index contributed by atoms with van der Waals surface area (Å²) in [6.45, 7) is 3.79. The predicted octanol–water partition coefficient (Wildman–Crippen LogP) is 3.83. The summed E-state index contributed by atoms with van der Waals surface area (Å²) in [6.07, 6.45) is 2.68. The van der Waals surface area contributed by atoms with Crippen molar-refractivity contribution in [1.82, 2.24) is 4.90 Å². The number of likely N-dealkylation sites (tertiary alicyclic amines) is 1. The third-order valence-corrected chi connectivity index (χ3v) is 6.08. The number of benzene rings is 2. The van der Waals surface area contributed by atoms with Gasteiger partial charge in [-0.2, -0.15) is 0 Å². The van der Waals surface area contributed by atoms with E-state index < -0.39 is 17.7 Å². The van der Waals surface area contributed by atoms with Gasteiger partial charge in [-0.1, -0.05) is 31.9 Å². The molecule has 0 radical (unpaired) electrons. The van der Waals surface area contributed by atoms with E-state index in [0.29, 0.717) is 36.6 Å². The zero-order valence-corrected chi connectivity index (χ0v) is 18.4. The summed E-state index contributed by atoms with van der Waals surface area (Å²) in [7, 11) is 1.94. The topological polar surface area (TPSA) is 90.3 Å². The molecule has 1 amide bonds. The van der Waals surface area contributed by atoms with Crippen molar-refractivity contribution in [3.05, 3.63) is 59.2 Å². The number of aliphatic hydroxyl groups is 1. The van der Waals surface area contributed by atoms with Crippen LogP contribution in [0, 0.1) is 0 Å². The van der Waals surface area contributed by atoms with Crippen LogP contribution < -0.4 is 9.64 Å². The number of fused-ring (bicyclic) bond motifs is 1. The number of aliphatic hydroxyl groups excluding tert-OH is 1. The average Bonchev–Trinajstić information content (AvgIpc) is 3.04. The number of hydrogen-bond donors (Lipinski definition) is 2. The van der Waals surface area contributed by atoms with Crippen molar-refractivity contribution in [2.45, 2.75) is 32.2 Å². The van der Waals surface area contributed by atoms with E-state index >= 15 is 0 Å². The first kappa shape index (κ1) is 21.7. The molecule has 2 heterocycles. The maximum Gasteiger partial charge on any atom is 0.295 e. The van der Waals surface area contributed by atoms with Crippen LogP contribution in [0.4, 0.5) is 5.69 Å². The van der Waals surface area contributed by atoms with Gasteiger partial charge in [-0.3, -0.25) is 9.59 Å². The van der Waals surface area contributed by atoms with E-state index in [2.05, 4.69) is 6.92 Å². The minimum atomic E-state index is -0.711. The molecule has 7 nitrogen and oxygen atoms in total. The number of unbranched alkanes of at least 4 members (excludes halogenated alkanes) is 2. The molecule has 2 aromatic carbocycles. The number of aromatic hydroxyl groups is 1. The van der Waals surface area contributed by atoms with Crippen LogP contribution >= 0.6 is 0 Å². The predicted molar refractivity (Wildman–Crippen MR) is 122 cm³/mol. The molecule has 2 aromatic rings. The second-order valence-electron chi connectivity index (χ2n) is 8.24. The van der Waals surface area contributed by atoms with Crippen molar-refractivity contribution in [1.29, 1.82) is 0 Å². The van der Waals surface area contributed by atoms with Gasteiger partial charge in [0, 0.05) is 19.2 Å². The summed E-state index contributed by atoms with van der Waals surface area (Å²) in [5.41, 5.74) is 2.00. The third kappa shape index (κ3) is 3.90. The normalized spacial score (nSPS) is 19.8. The van der Waals surface area contributed by atoms with Gasteiger partial charge in [0.05, 0.1) is 23.8 Å². The maximum absolute atomic E-state index is 13.1. The van der Waals surface area contributed by atoms with E-state index in [1.807, 2.05) is 11.9 Å². The zero-order chi connectivity index (χ0) is 22.8. The second-order valence-corrected chi connectivity index (χ2v) is 8.24. The maximum atomic E-state index is 13.1. The highest BCUT2D eigenvalue weighted by molar-refractivity contribution is 6.46. The van der Waals surface area contributed by atoms with Crippen LogP contribution in [0.25, 0.3) is 5.76 Å². The quantitative estimate of drug-likeness (QED) is 0.310. The third-order valence-electron chi connectivity index (χ3n) is 6.08. The van der Waals surface area contributed by atoms with Gasteiger partial charge in [0.15, 0.2) is 0 Å². The molecule has 0 aromatic heterocycles. The number of phenolic OH excluding ortho intramolecular Hbond substituents is 1. The Morgan fingerprint density at radius 1 is 1.12 bits per heavy atom. The Kier molecular flexibility index (Phi) is 6.08. The largest absolute Gasteiger partial charge is 0.508 e. The molecule has 0 aliphatic carbocycles. The number of amides is 1. The summed E-state index contributed by atoms with van der Waals surface area (Å²) in [6, 6.07) is 10.9. The molecule has 0 spiro atoms. The van der Waals surface area contributed by atoms with Gasteiger partial charge < -0.3 is 24.7 Å². The van der Waals surface area contributed by atoms with Crippen molar-refractivity contribution in [2.24, 2.45) is 0 Å². The number of nitrogens with zero attached hydrogens (tertiary/aromatic N) is 2. The molecular formula is C25H28N2O5. The number of phenols is 1. The Morgan fingerprint density at radius 2 is 1.88 bits per heavy atom. The van der Waals surface area contributed by atoms with Gasteiger partial charge in [0.2, 0.25) is 0 Å². The van der Waals surface area contributed by atoms with E-state index in [-0.39, 0.29) is 17.1 Å². The van der Waals surface area contributed by atoms with Crippen LogP contribution in [0.5, 0.6) is 11.5 Å². The molecule has 0 saturated carbocycles. The molecule has 2 N–H and O–H groups in total. The van der Waals surface area contributed by atoms with Crippen molar-refractivity contribution < 1.29 is 24.5 Å². The van der Waals surface area contributed by atoms with Crippen molar-refractivity contribution >= 4 is 23.1 Å². The molecule has 0 bridgehead atoms. The lowest BCUT2D eigenvalue weighted by molar-refractivity contribution is -0.139. The number of likely N-dealkylation sites (N-methyl/N-ethyl adjacent to an activating group) is 1. The first-order valence-corrected chi connectivity index (χ1v) is 11.0. The Morgan fingerprint density at radius 3 is 2.59 bits per heavy atom. The Bertz CT molecular complexity index is 1060. The van der Waals surface area contributed by atoms with Crippen LogP contribution in [-0.4, -0.2) is 53.5 Å². The highest BCUT2D eigenvalue weighted by Gasteiger charge is 2.45. The molecule has 2 aliphatic heterocycles. The SMILES string of the molecule is CCCCCN1C(=O)C(=O)/C(=C(\O)c2ccc3c(c2)N(C)CCO3)C1c1ccc(O)cc1. The number of ketones is 1. The molecule has 1 atom stereocenters. The minimum Gasteiger partial charge on any atom is -0.508 e. The van der Waals surface area contributed by atoms with Crippen LogP contribution in [0.2, 0.25) is 0 Å². The first-order chi connectivity index (χ1) is 15.4. The Balaban J connectivity index is 1.81. The van der Waals surface area contributed by atoms with E-state index in [0.717, 1.165) is 24.9 Å². The fraction of sp³-hybridized carbons (Fsp3) is 0.360. The Hall–Kier alpha value is -3.48. The molecule has 4 rings (SSSR count). The van der Waals surface area contributed by atoms with Crippen LogP contribution in [0.15, 0.2) is 48.0 Å². The molecular weight excluding hydrogens is 408 g/mol. The molecule has 1 unspecified atom stereocenters. The van der Waals surface area contributed by atoms with E-state index in [9.17, 15) is 19.8 Å². The van der Waals surface area contributed by atoms with Crippen LogP contribution in [0.1, 0.15) is 43.4 Å². The van der Waals surface area contributed by atoms with E-state index in [4.69, 9.17) is 4.74 Å². The number of rotatable bonds is 6. The number of carbonyl (C=O) groups is 2. The lowest BCUT2D eigenvalue weighted by Gasteiger charge is -2.28. The summed E-state index contributed by atoms with van der Waals surface area (Å²) in [5.74, 6) is -0.709. The van der Waals surface area contributed by atoms with Crippen LogP contribution in [0.3, 0.4) is 0 Å². The zero-order valence-electron chi connectivity index (χ0n) is 18.4. The van der Waals surface area contributed by atoms with Gasteiger partial charge in [-0.05, 0) is 42.3 Å². The fourth-order valence-electron chi connectivity index (χ4n) is 4.30. The van der Waals surface area contributed by atoms with Crippen molar-refractivity contribution in [2.75, 3.05) is 31.6 Å². The summed E-state index contributed by atoms with van der Waals surface area (Å²) < 4.78 is 5.67. The van der Waals surface area contributed by atoms with E-state index in [1.54, 1.807) is 30.3 Å². The minimum absolute atomic E-state index is 0.0662. The second kappa shape index (κ2) is 8.94. The molecule has 1 fully saturated rings. The molecule has 1 saturated heterocycles. The fourth-order valence-corrected chi connectivity index (χ4v) is 4.30. The van der Waals surface area contributed by atoms with Gasteiger partial charge in [-0.15, -0.1) is 0 Å². The molecule has 32 heavy (non-hydrogen) atoms. The first-order valence-electron chi connectivity index (χ1n) is 11.0. The van der Waals surface area contributed by atoms with E-state index in [1.165, 1.54) is 17.0 Å². The molecule has 7 heteroatoms. The Labute approximate surface area is 187 Å².